The Morgan fingerprint density at radius 2 is 1.91 bits per heavy atom. The van der Waals surface area contributed by atoms with Gasteiger partial charge >= 0.3 is 5.97 Å². The van der Waals surface area contributed by atoms with Crippen LogP contribution in [0.4, 0.5) is 0 Å². The van der Waals surface area contributed by atoms with Crippen LogP contribution in [0.25, 0.3) is 6.08 Å². The smallest absolute Gasteiger partial charge is 0.307 e. The van der Waals surface area contributed by atoms with E-state index in [0.717, 1.165) is 5.56 Å². The molecule has 0 bridgehead atoms. The third-order valence-electron chi connectivity index (χ3n) is 3.09. The number of allylic oxidation sites excluding steroid dienone is 1. The topological polar surface area (TPSA) is 118 Å². The Bertz CT molecular complexity index is 585. The van der Waals surface area contributed by atoms with Crippen LogP contribution in [-0.4, -0.2) is 34.2 Å². The summed E-state index contributed by atoms with van der Waals surface area (Å²) in [5, 5.41) is 9.05. The van der Waals surface area contributed by atoms with E-state index in [9.17, 15) is 19.0 Å². The Kier molecular flexibility index (Phi) is 7.02. The zero-order chi connectivity index (χ0) is 16.6. The van der Waals surface area contributed by atoms with E-state index in [-0.39, 0.29) is 25.2 Å². The van der Waals surface area contributed by atoms with Gasteiger partial charge in [0.15, 0.2) is 0 Å². The first-order valence-corrected chi connectivity index (χ1v) is 8.87. The Morgan fingerprint density at radius 1 is 1.27 bits per heavy atom. The van der Waals surface area contributed by atoms with E-state index < -0.39 is 25.2 Å². The van der Waals surface area contributed by atoms with Crippen molar-refractivity contribution >= 4 is 25.3 Å². The van der Waals surface area contributed by atoms with Gasteiger partial charge in [-0.2, -0.15) is 0 Å². The number of nitrogens with two attached hydrogens (primary N) is 1. The number of aliphatic carboxylic acids is 1. The number of hydrogen-bond acceptors (Lipinski definition) is 3. The fourth-order valence-electron chi connectivity index (χ4n) is 1.95. The van der Waals surface area contributed by atoms with Crippen molar-refractivity contribution in [2.24, 2.45) is 11.7 Å². The molecule has 2 atom stereocenters. The molecule has 0 radical (unpaired) electrons. The normalized spacial score (nSPS) is 15.3. The number of carbonyl (C=O) groups excluding carboxylic acids is 1. The highest BCUT2D eigenvalue weighted by Crippen LogP contribution is 2.43. The monoisotopic (exact) mass is 325 g/mol. The van der Waals surface area contributed by atoms with Crippen molar-refractivity contribution in [2.45, 2.75) is 12.8 Å². The van der Waals surface area contributed by atoms with Crippen molar-refractivity contribution in [1.29, 1.82) is 0 Å². The lowest BCUT2D eigenvalue weighted by molar-refractivity contribution is -0.141. The minimum atomic E-state index is -3.62. The molecule has 0 saturated heterocycles. The molecule has 4 N–H and O–H groups in total. The predicted octanol–water partition coefficient (Wildman–Crippen LogP) is 1.94. The van der Waals surface area contributed by atoms with E-state index in [1.54, 1.807) is 12.2 Å². The first-order chi connectivity index (χ1) is 10.3. The van der Waals surface area contributed by atoms with Crippen LogP contribution in [0.5, 0.6) is 0 Å². The summed E-state index contributed by atoms with van der Waals surface area (Å²) in [6.45, 7) is 0. The number of amides is 1. The van der Waals surface area contributed by atoms with Crippen LogP contribution in [0.3, 0.4) is 0 Å². The highest BCUT2D eigenvalue weighted by atomic mass is 31.2. The lowest BCUT2D eigenvalue weighted by Crippen LogP contribution is -2.21. The Labute approximate surface area is 129 Å². The second-order valence-electron chi connectivity index (χ2n) is 5.06. The van der Waals surface area contributed by atoms with Crippen LogP contribution >= 0.6 is 7.37 Å². The summed E-state index contributed by atoms with van der Waals surface area (Å²) in [5.74, 6) is -2.86. The second kappa shape index (κ2) is 8.51. The molecule has 1 rings (SSSR count). The Morgan fingerprint density at radius 3 is 2.45 bits per heavy atom. The molecule has 0 aliphatic rings. The molecular weight excluding hydrogens is 305 g/mol. The average Bonchev–Trinajstić information content (AvgIpc) is 2.44. The molecule has 120 valence electrons. The lowest BCUT2D eigenvalue weighted by atomic mass is 10.1. The van der Waals surface area contributed by atoms with E-state index >= 15 is 0 Å². The van der Waals surface area contributed by atoms with Crippen LogP contribution in [0.2, 0.25) is 0 Å². The summed E-state index contributed by atoms with van der Waals surface area (Å²) in [6.07, 6.45) is 2.65. The lowest BCUT2D eigenvalue weighted by Gasteiger charge is -2.15. The number of carboxylic acids is 1. The van der Waals surface area contributed by atoms with Crippen molar-refractivity contribution in [3.63, 3.8) is 0 Å². The molecule has 0 aliphatic carbocycles. The van der Waals surface area contributed by atoms with Crippen molar-refractivity contribution in [1.82, 2.24) is 0 Å². The largest absolute Gasteiger partial charge is 0.481 e. The zero-order valence-electron chi connectivity index (χ0n) is 12.1. The van der Waals surface area contributed by atoms with Crippen molar-refractivity contribution in [3.05, 3.63) is 42.0 Å². The van der Waals surface area contributed by atoms with Crippen LogP contribution in [0.15, 0.2) is 36.4 Å². The highest BCUT2D eigenvalue weighted by molar-refractivity contribution is 7.58. The van der Waals surface area contributed by atoms with E-state index in [1.165, 1.54) is 0 Å². The van der Waals surface area contributed by atoms with Gasteiger partial charge in [0, 0.05) is 18.7 Å². The molecule has 1 aromatic rings. The van der Waals surface area contributed by atoms with Gasteiger partial charge in [0.25, 0.3) is 0 Å². The highest BCUT2D eigenvalue weighted by Gasteiger charge is 2.28. The third-order valence-corrected chi connectivity index (χ3v) is 4.89. The molecule has 0 fully saturated rings. The van der Waals surface area contributed by atoms with Gasteiger partial charge in [-0.05, 0) is 12.0 Å². The molecule has 1 aromatic carbocycles. The van der Waals surface area contributed by atoms with Gasteiger partial charge in [-0.3, -0.25) is 14.2 Å². The zero-order valence-corrected chi connectivity index (χ0v) is 13.0. The predicted molar refractivity (Wildman–Crippen MR) is 84.6 cm³/mol. The molecule has 22 heavy (non-hydrogen) atoms. The number of carboxylic acid groups (broad SMARTS) is 1. The van der Waals surface area contributed by atoms with Gasteiger partial charge < -0.3 is 15.7 Å². The van der Waals surface area contributed by atoms with Crippen LogP contribution in [0.1, 0.15) is 18.4 Å². The number of carbonyl (C=O) groups is 2. The van der Waals surface area contributed by atoms with Crippen LogP contribution in [-0.2, 0) is 14.2 Å². The second-order valence-corrected chi connectivity index (χ2v) is 7.49. The van der Waals surface area contributed by atoms with Crippen LogP contribution in [0, 0.1) is 5.92 Å². The fourth-order valence-corrected chi connectivity index (χ4v) is 3.56. The van der Waals surface area contributed by atoms with Crippen molar-refractivity contribution < 1.29 is 24.2 Å². The van der Waals surface area contributed by atoms with Crippen molar-refractivity contribution in [3.8, 4) is 0 Å². The van der Waals surface area contributed by atoms with Gasteiger partial charge in [-0.15, -0.1) is 0 Å². The first kappa shape index (κ1) is 18.1. The molecule has 7 heteroatoms. The number of rotatable bonds is 9. The Hall–Kier alpha value is -1.91. The maximum absolute atomic E-state index is 12.1. The van der Waals surface area contributed by atoms with E-state index in [0.29, 0.717) is 0 Å². The van der Waals surface area contributed by atoms with Crippen molar-refractivity contribution in [2.75, 3.05) is 12.3 Å². The summed E-state index contributed by atoms with van der Waals surface area (Å²) in [6, 6.07) is 9.27. The summed E-state index contributed by atoms with van der Waals surface area (Å²) < 4.78 is 12.1. The van der Waals surface area contributed by atoms with E-state index in [2.05, 4.69) is 0 Å². The maximum Gasteiger partial charge on any atom is 0.307 e. The van der Waals surface area contributed by atoms with Gasteiger partial charge in [0.1, 0.15) is 0 Å². The molecular formula is C15H20NO5P. The molecule has 0 aliphatic heterocycles. The van der Waals surface area contributed by atoms with Gasteiger partial charge in [0.05, 0.1) is 5.92 Å². The fraction of sp³-hybridized carbons (Fsp3) is 0.333. The van der Waals surface area contributed by atoms with Crippen LogP contribution < -0.4 is 5.73 Å². The summed E-state index contributed by atoms with van der Waals surface area (Å²) in [7, 11) is -3.62. The van der Waals surface area contributed by atoms with E-state index in [1.807, 2.05) is 30.3 Å². The van der Waals surface area contributed by atoms with E-state index in [4.69, 9.17) is 10.8 Å². The quantitative estimate of drug-likeness (QED) is 0.600. The number of primary amides is 1. The molecule has 0 heterocycles. The summed E-state index contributed by atoms with van der Waals surface area (Å²) >= 11 is 0. The minimum Gasteiger partial charge on any atom is -0.481 e. The molecule has 2 unspecified atom stereocenters. The molecule has 0 spiro atoms. The average molecular weight is 325 g/mol. The summed E-state index contributed by atoms with van der Waals surface area (Å²) in [4.78, 5) is 31.7. The maximum atomic E-state index is 12.1. The van der Waals surface area contributed by atoms with Gasteiger partial charge in [-0.1, -0.05) is 42.5 Å². The molecule has 1 amide bonds. The first-order valence-electron chi connectivity index (χ1n) is 6.84. The molecule has 6 nitrogen and oxygen atoms in total. The number of hydrogen-bond donors (Lipinski definition) is 3. The van der Waals surface area contributed by atoms with Gasteiger partial charge in [-0.25, -0.2) is 0 Å². The minimum absolute atomic E-state index is 0.0301. The summed E-state index contributed by atoms with van der Waals surface area (Å²) in [5.41, 5.74) is 5.87. The standard InChI is InChI=1S/C15H20NO5P/c16-14(17)9-8-13(15(18)19)11-22(20,21)10-4-7-12-5-2-1-3-6-12/h1-7,13H,8-11H2,(H2,16,17)(H,18,19)(H,20,21). The third kappa shape index (κ3) is 7.20. The van der Waals surface area contributed by atoms with Gasteiger partial charge in [0.2, 0.25) is 13.3 Å². The SMILES string of the molecule is NC(=O)CCC(CP(=O)(O)CC=Cc1ccccc1)C(=O)O. The molecule has 0 saturated carbocycles. The molecule has 0 aromatic heterocycles. The Balaban J connectivity index is 2.60. The number of benzene rings is 1.